The number of ether oxygens (including phenoxy) is 1. The molecule has 13 heavy (non-hydrogen) atoms. The van der Waals surface area contributed by atoms with Crippen molar-refractivity contribution in [2.45, 2.75) is 43.8 Å². The summed E-state index contributed by atoms with van der Waals surface area (Å²) in [5.74, 6) is 0.204. The van der Waals surface area contributed by atoms with Crippen molar-refractivity contribution in [1.29, 1.82) is 0 Å². The van der Waals surface area contributed by atoms with Gasteiger partial charge in [-0.05, 0) is 38.0 Å². The van der Waals surface area contributed by atoms with E-state index in [-0.39, 0.29) is 12.0 Å². The first-order valence-corrected chi connectivity index (χ1v) is 5.23. The molecule has 0 aromatic heterocycles. The van der Waals surface area contributed by atoms with Crippen LogP contribution in [0.2, 0.25) is 0 Å². The minimum Gasteiger partial charge on any atom is -0.381 e. The lowest BCUT2D eigenvalue weighted by atomic mass is 9.82. The van der Waals surface area contributed by atoms with Crippen LogP contribution >= 0.6 is 0 Å². The molecule has 2 N–H and O–H groups in total. The first-order chi connectivity index (χ1) is 6.21. The van der Waals surface area contributed by atoms with E-state index in [9.17, 15) is 4.39 Å². The highest BCUT2D eigenvalue weighted by Gasteiger charge is 2.44. The highest BCUT2D eigenvalue weighted by molar-refractivity contribution is 4.96. The predicted molar refractivity (Wildman–Crippen MR) is 49.2 cm³/mol. The summed E-state index contributed by atoms with van der Waals surface area (Å²) in [6, 6.07) is 0.0906. The molecule has 2 unspecified atom stereocenters. The van der Waals surface area contributed by atoms with Crippen molar-refractivity contribution < 1.29 is 9.13 Å². The van der Waals surface area contributed by atoms with Crippen LogP contribution in [-0.2, 0) is 4.74 Å². The molecule has 1 aliphatic carbocycles. The van der Waals surface area contributed by atoms with Gasteiger partial charge in [0.25, 0.3) is 0 Å². The van der Waals surface area contributed by atoms with E-state index in [0.29, 0.717) is 12.8 Å². The molecule has 0 amide bonds. The third-order valence-corrected chi connectivity index (χ3v) is 3.49. The molecule has 0 bridgehead atoms. The average Bonchev–Trinajstić information content (AvgIpc) is 2.49. The van der Waals surface area contributed by atoms with Gasteiger partial charge in [0.1, 0.15) is 5.67 Å². The number of hydrogen-bond acceptors (Lipinski definition) is 2. The van der Waals surface area contributed by atoms with Crippen molar-refractivity contribution in [1.82, 2.24) is 0 Å². The van der Waals surface area contributed by atoms with E-state index in [1.165, 1.54) is 0 Å². The van der Waals surface area contributed by atoms with Crippen LogP contribution in [0.25, 0.3) is 0 Å². The van der Waals surface area contributed by atoms with Gasteiger partial charge in [-0.15, -0.1) is 0 Å². The van der Waals surface area contributed by atoms with Crippen molar-refractivity contribution in [2.24, 2.45) is 11.7 Å². The van der Waals surface area contributed by atoms with Crippen LogP contribution in [0, 0.1) is 5.92 Å². The lowest BCUT2D eigenvalue weighted by Crippen LogP contribution is -2.36. The summed E-state index contributed by atoms with van der Waals surface area (Å²) in [6.07, 6.45) is 3.84. The molecule has 0 aromatic carbocycles. The van der Waals surface area contributed by atoms with Gasteiger partial charge in [-0.2, -0.15) is 0 Å². The molecule has 0 spiro atoms. The van der Waals surface area contributed by atoms with Crippen molar-refractivity contribution in [3.63, 3.8) is 0 Å². The van der Waals surface area contributed by atoms with E-state index in [2.05, 4.69) is 0 Å². The highest BCUT2D eigenvalue weighted by atomic mass is 19.1. The summed E-state index contributed by atoms with van der Waals surface area (Å²) in [5.41, 5.74) is 4.78. The largest absolute Gasteiger partial charge is 0.381 e. The van der Waals surface area contributed by atoms with Crippen LogP contribution in [0.4, 0.5) is 4.39 Å². The molecule has 2 nitrogen and oxygen atoms in total. The number of halogens is 1. The van der Waals surface area contributed by atoms with Crippen LogP contribution in [0.3, 0.4) is 0 Å². The normalized spacial score (nSPS) is 42.5. The Labute approximate surface area is 78.6 Å². The lowest BCUT2D eigenvalue weighted by molar-refractivity contribution is -0.00879. The second-order valence-electron chi connectivity index (χ2n) is 4.42. The second kappa shape index (κ2) is 3.54. The molecule has 1 heterocycles. The third kappa shape index (κ3) is 1.86. The fraction of sp³-hybridized carbons (Fsp3) is 1.00. The molecule has 1 saturated heterocycles. The minimum absolute atomic E-state index is 0.0906. The molecular formula is C10H18FNO. The van der Waals surface area contributed by atoms with Gasteiger partial charge in [-0.3, -0.25) is 0 Å². The second-order valence-corrected chi connectivity index (χ2v) is 4.42. The average molecular weight is 187 g/mol. The minimum atomic E-state index is -0.969. The van der Waals surface area contributed by atoms with Crippen LogP contribution in [-0.4, -0.2) is 24.9 Å². The Bertz CT molecular complexity index is 182. The lowest BCUT2D eigenvalue weighted by Gasteiger charge is -2.33. The molecule has 2 atom stereocenters. The summed E-state index contributed by atoms with van der Waals surface area (Å²) < 4.78 is 19.5. The quantitative estimate of drug-likeness (QED) is 0.677. The van der Waals surface area contributed by atoms with E-state index in [1.54, 1.807) is 0 Å². The third-order valence-electron chi connectivity index (χ3n) is 3.49. The van der Waals surface area contributed by atoms with Crippen molar-refractivity contribution in [3.8, 4) is 0 Å². The summed E-state index contributed by atoms with van der Waals surface area (Å²) in [4.78, 5) is 0. The maximum absolute atomic E-state index is 14.3. The smallest absolute Gasteiger partial charge is 0.115 e. The highest BCUT2D eigenvalue weighted by Crippen LogP contribution is 2.43. The molecule has 1 aliphatic heterocycles. The Morgan fingerprint density at radius 1 is 1.23 bits per heavy atom. The SMILES string of the molecule is NC1CCC(F)(C2CCOCC2)C1. The number of nitrogens with two attached hydrogens (primary N) is 1. The molecule has 3 heteroatoms. The molecule has 1 saturated carbocycles. The van der Waals surface area contributed by atoms with E-state index in [1.807, 2.05) is 0 Å². The van der Waals surface area contributed by atoms with Crippen LogP contribution < -0.4 is 5.73 Å². The number of hydrogen-bond donors (Lipinski definition) is 1. The van der Waals surface area contributed by atoms with E-state index in [4.69, 9.17) is 10.5 Å². The van der Waals surface area contributed by atoms with Gasteiger partial charge in [0, 0.05) is 19.3 Å². The van der Waals surface area contributed by atoms with E-state index in [0.717, 1.165) is 32.5 Å². The number of alkyl halides is 1. The molecular weight excluding hydrogens is 169 g/mol. The van der Waals surface area contributed by atoms with Crippen LogP contribution in [0.1, 0.15) is 32.1 Å². The first-order valence-electron chi connectivity index (χ1n) is 5.23. The molecule has 0 aromatic rings. The standard InChI is InChI=1S/C10H18FNO/c11-10(4-1-9(12)7-10)8-2-5-13-6-3-8/h8-9H,1-7,12H2. The van der Waals surface area contributed by atoms with Gasteiger partial charge >= 0.3 is 0 Å². The predicted octanol–water partition coefficient (Wildman–Crippen LogP) is 1.63. The maximum atomic E-state index is 14.3. The first kappa shape index (κ1) is 9.41. The van der Waals surface area contributed by atoms with Gasteiger partial charge < -0.3 is 10.5 Å². The van der Waals surface area contributed by atoms with Gasteiger partial charge in [0.2, 0.25) is 0 Å². The van der Waals surface area contributed by atoms with Gasteiger partial charge in [-0.25, -0.2) is 4.39 Å². The topological polar surface area (TPSA) is 35.2 Å². The molecule has 76 valence electrons. The molecule has 2 rings (SSSR count). The fourth-order valence-corrected chi connectivity index (χ4v) is 2.65. The maximum Gasteiger partial charge on any atom is 0.115 e. The zero-order chi connectivity index (χ0) is 9.31. The summed E-state index contributed by atoms with van der Waals surface area (Å²) in [5, 5.41) is 0. The fourth-order valence-electron chi connectivity index (χ4n) is 2.65. The van der Waals surface area contributed by atoms with Crippen LogP contribution in [0.15, 0.2) is 0 Å². The van der Waals surface area contributed by atoms with Gasteiger partial charge in [-0.1, -0.05) is 0 Å². The molecule has 2 aliphatic rings. The Morgan fingerprint density at radius 3 is 2.46 bits per heavy atom. The van der Waals surface area contributed by atoms with Crippen molar-refractivity contribution >= 4 is 0 Å². The van der Waals surface area contributed by atoms with Gasteiger partial charge in [0.05, 0.1) is 0 Å². The van der Waals surface area contributed by atoms with E-state index < -0.39 is 5.67 Å². The Morgan fingerprint density at radius 2 is 1.92 bits per heavy atom. The van der Waals surface area contributed by atoms with Crippen LogP contribution in [0.5, 0.6) is 0 Å². The zero-order valence-corrected chi connectivity index (χ0v) is 7.97. The summed E-state index contributed by atoms with van der Waals surface area (Å²) in [7, 11) is 0. The van der Waals surface area contributed by atoms with Crippen molar-refractivity contribution in [3.05, 3.63) is 0 Å². The number of rotatable bonds is 1. The molecule has 2 fully saturated rings. The zero-order valence-electron chi connectivity index (χ0n) is 7.97. The van der Waals surface area contributed by atoms with Crippen molar-refractivity contribution in [2.75, 3.05) is 13.2 Å². The Hall–Kier alpha value is -0.150. The van der Waals surface area contributed by atoms with E-state index >= 15 is 0 Å². The summed E-state index contributed by atoms with van der Waals surface area (Å²) in [6.45, 7) is 1.46. The monoisotopic (exact) mass is 187 g/mol. The summed E-state index contributed by atoms with van der Waals surface area (Å²) >= 11 is 0. The Kier molecular flexibility index (Phi) is 2.56. The van der Waals surface area contributed by atoms with Gasteiger partial charge in [0.15, 0.2) is 0 Å². The Balaban J connectivity index is 1.97. The molecule has 0 radical (unpaired) electrons.